The number of imidazole rings is 1. The number of ether oxygens (including phenoxy) is 1. The smallest absolute Gasteiger partial charge is 0.122 e. The number of benzene rings is 1. The lowest BCUT2D eigenvalue weighted by atomic mass is 9.99. The molecule has 0 fully saturated rings. The second-order valence-corrected chi connectivity index (χ2v) is 7.45. The monoisotopic (exact) mass is 364 g/mol. The predicted octanol–water partition coefficient (Wildman–Crippen LogP) is 4.71. The molecule has 1 aliphatic heterocycles. The van der Waals surface area contributed by atoms with Gasteiger partial charge in [0.1, 0.15) is 5.75 Å². The molecule has 0 N–H and O–H groups in total. The highest BCUT2D eigenvalue weighted by Crippen LogP contribution is 2.33. The van der Waals surface area contributed by atoms with Crippen molar-refractivity contribution in [2.45, 2.75) is 59.5 Å². The average molecular weight is 364 g/mol. The molecule has 5 heteroatoms. The van der Waals surface area contributed by atoms with Crippen molar-refractivity contribution < 1.29 is 4.74 Å². The van der Waals surface area contributed by atoms with Gasteiger partial charge in [0.15, 0.2) is 0 Å². The molecule has 142 valence electrons. The molecule has 2 aromatic heterocycles. The summed E-state index contributed by atoms with van der Waals surface area (Å²) >= 11 is 0. The highest BCUT2D eigenvalue weighted by atomic mass is 16.5. The van der Waals surface area contributed by atoms with Gasteiger partial charge in [-0.3, -0.25) is 4.68 Å². The van der Waals surface area contributed by atoms with E-state index < -0.39 is 0 Å². The molecule has 0 bridgehead atoms. The molecule has 0 spiro atoms. The van der Waals surface area contributed by atoms with Gasteiger partial charge in [-0.2, -0.15) is 5.10 Å². The van der Waals surface area contributed by atoms with E-state index in [2.05, 4.69) is 60.1 Å². The highest BCUT2D eigenvalue weighted by Gasteiger charge is 2.21. The minimum Gasteiger partial charge on any atom is -0.493 e. The molecule has 3 aromatic rings. The van der Waals surface area contributed by atoms with Crippen molar-refractivity contribution >= 4 is 0 Å². The number of fused-ring (bicyclic) bond motifs is 1. The van der Waals surface area contributed by atoms with Crippen molar-refractivity contribution in [3.8, 4) is 17.0 Å². The normalized spacial score (nSPS) is 14.7. The lowest BCUT2D eigenvalue weighted by Gasteiger charge is -2.22. The van der Waals surface area contributed by atoms with Crippen molar-refractivity contribution in [1.82, 2.24) is 19.3 Å². The van der Waals surface area contributed by atoms with Crippen molar-refractivity contribution in [2.75, 3.05) is 6.61 Å². The third-order valence-corrected chi connectivity index (χ3v) is 5.57. The van der Waals surface area contributed by atoms with Crippen LogP contribution in [0.2, 0.25) is 0 Å². The van der Waals surface area contributed by atoms with E-state index in [-0.39, 0.29) is 6.04 Å². The van der Waals surface area contributed by atoms with E-state index in [0.717, 1.165) is 49.6 Å². The fourth-order valence-electron chi connectivity index (χ4n) is 4.10. The second-order valence-electron chi connectivity index (χ2n) is 7.45. The van der Waals surface area contributed by atoms with E-state index >= 15 is 0 Å². The predicted molar refractivity (Wildman–Crippen MR) is 107 cm³/mol. The first-order valence-corrected chi connectivity index (χ1v) is 9.92. The average Bonchev–Trinajstić information content (AvgIpc) is 3.25. The number of hydrogen-bond donors (Lipinski definition) is 0. The van der Waals surface area contributed by atoms with Crippen LogP contribution in [-0.4, -0.2) is 25.9 Å². The van der Waals surface area contributed by atoms with E-state index in [1.165, 1.54) is 22.4 Å². The van der Waals surface area contributed by atoms with Gasteiger partial charge in [-0.05, 0) is 57.2 Å². The Morgan fingerprint density at radius 1 is 1.26 bits per heavy atom. The zero-order valence-electron chi connectivity index (χ0n) is 16.7. The largest absolute Gasteiger partial charge is 0.493 e. The maximum absolute atomic E-state index is 5.77. The molecule has 0 aliphatic carbocycles. The molecule has 27 heavy (non-hydrogen) atoms. The Morgan fingerprint density at radius 3 is 2.93 bits per heavy atom. The second kappa shape index (κ2) is 7.22. The van der Waals surface area contributed by atoms with Crippen LogP contribution < -0.4 is 4.74 Å². The molecule has 0 amide bonds. The first-order chi connectivity index (χ1) is 13.1. The molecule has 1 unspecified atom stereocenters. The molecule has 0 radical (unpaired) electrons. The summed E-state index contributed by atoms with van der Waals surface area (Å²) in [6, 6.07) is 6.79. The van der Waals surface area contributed by atoms with E-state index in [4.69, 9.17) is 9.84 Å². The molecule has 1 aromatic carbocycles. The summed E-state index contributed by atoms with van der Waals surface area (Å²) in [5.41, 5.74) is 7.21. The molecule has 3 heterocycles. The third kappa shape index (κ3) is 3.15. The van der Waals surface area contributed by atoms with Crippen LogP contribution >= 0.6 is 0 Å². The quantitative estimate of drug-likeness (QED) is 0.659. The van der Waals surface area contributed by atoms with Crippen LogP contribution in [0.1, 0.15) is 55.2 Å². The molecule has 1 atom stereocenters. The van der Waals surface area contributed by atoms with Crippen LogP contribution in [-0.2, 0) is 13.0 Å². The molecule has 4 rings (SSSR count). The summed E-state index contributed by atoms with van der Waals surface area (Å²) in [5, 5.41) is 4.75. The number of aromatic nitrogens is 4. The van der Waals surface area contributed by atoms with E-state index in [9.17, 15) is 0 Å². The Balaban J connectivity index is 1.72. The van der Waals surface area contributed by atoms with Crippen molar-refractivity contribution in [1.29, 1.82) is 0 Å². The Labute approximate surface area is 161 Å². The topological polar surface area (TPSA) is 44.9 Å². The fourth-order valence-corrected chi connectivity index (χ4v) is 4.10. The van der Waals surface area contributed by atoms with Crippen LogP contribution in [0.15, 0.2) is 30.7 Å². The van der Waals surface area contributed by atoms with Gasteiger partial charge in [0.25, 0.3) is 0 Å². The number of rotatable bonds is 5. The van der Waals surface area contributed by atoms with Crippen LogP contribution in [0.5, 0.6) is 5.75 Å². The van der Waals surface area contributed by atoms with Crippen LogP contribution in [0.3, 0.4) is 0 Å². The number of nitrogens with zero attached hydrogens (tertiary/aromatic N) is 4. The zero-order valence-corrected chi connectivity index (χ0v) is 16.7. The summed E-state index contributed by atoms with van der Waals surface area (Å²) in [6.45, 7) is 10.4. The maximum atomic E-state index is 5.77. The molecule has 1 aliphatic rings. The van der Waals surface area contributed by atoms with Crippen LogP contribution in [0.4, 0.5) is 0 Å². The van der Waals surface area contributed by atoms with Crippen molar-refractivity contribution in [3.63, 3.8) is 0 Å². The van der Waals surface area contributed by atoms with Gasteiger partial charge in [0.05, 0.1) is 36.6 Å². The summed E-state index contributed by atoms with van der Waals surface area (Å²) in [7, 11) is 0. The molecular formula is C22H28N4O. The Hall–Kier alpha value is -2.56. The molecule has 0 saturated carbocycles. The SMILES string of the molecule is CCCn1nc(C)c(-c2cncn2C(C)c2ccc3c(c2)CCCO3)c1C. The maximum Gasteiger partial charge on any atom is 0.122 e. The van der Waals surface area contributed by atoms with Gasteiger partial charge >= 0.3 is 0 Å². The Bertz CT molecular complexity index is 953. The van der Waals surface area contributed by atoms with E-state index in [0.29, 0.717) is 0 Å². The third-order valence-electron chi connectivity index (χ3n) is 5.57. The molecule has 0 saturated heterocycles. The highest BCUT2D eigenvalue weighted by molar-refractivity contribution is 5.65. The van der Waals surface area contributed by atoms with Crippen LogP contribution in [0.25, 0.3) is 11.3 Å². The summed E-state index contributed by atoms with van der Waals surface area (Å²) in [6.07, 6.45) is 7.16. The fraction of sp³-hybridized carbons (Fsp3) is 0.455. The lowest BCUT2D eigenvalue weighted by Crippen LogP contribution is -2.11. The number of aryl methyl sites for hydroxylation is 3. The first-order valence-electron chi connectivity index (χ1n) is 9.92. The van der Waals surface area contributed by atoms with Gasteiger partial charge in [-0.15, -0.1) is 0 Å². The Morgan fingerprint density at radius 2 is 2.11 bits per heavy atom. The molecule has 5 nitrogen and oxygen atoms in total. The van der Waals surface area contributed by atoms with Crippen molar-refractivity contribution in [2.24, 2.45) is 0 Å². The summed E-state index contributed by atoms with van der Waals surface area (Å²) < 4.78 is 10.1. The van der Waals surface area contributed by atoms with Crippen molar-refractivity contribution in [3.05, 3.63) is 53.2 Å². The zero-order chi connectivity index (χ0) is 19.0. The van der Waals surface area contributed by atoms with E-state index in [1.807, 2.05) is 12.5 Å². The minimum absolute atomic E-state index is 0.197. The summed E-state index contributed by atoms with van der Waals surface area (Å²) in [5.74, 6) is 1.04. The summed E-state index contributed by atoms with van der Waals surface area (Å²) in [4.78, 5) is 4.47. The standard InChI is InChI=1S/C22H28N4O/c1-5-10-26-17(4)22(15(2)24-26)20-13-23-14-25(20)16(3)18-8-9-21-19(12-18)7-6-11-27-21/h8-9,12-14,16H,5-7,10-11H2,1-4H3. The van der Waals surface area contributed by atoms with Gasteiger partial charge in [0, 0.05) is 17.8 Å². The minimum atomic E-state index is 0.197. The van der Waals surface area contributed by atoms with Gasteiger partial charge in [-0.1, -0.05) is 19.1 Å². The Kier molecular flexibility index (Phi) is 4.77. The van der Waals surface area contributed by atoms with E-state index in [1.54, 1.807) is 0 Å². The lowest BCUT2D eigenvalue weighted by molar-refractivity contribution is 0.288. The van der Waals surface area contributed by atoms with Gasteiger partial charge in [0.2, 0.25) is 0 Å². The van der Waals surface area contributed by atoms with Gasteiger partial charge < -0.3 is 9.30 Å². The van der Waals surface area contributed by atoms with Crippen LogP contribution in [0, 0.1) is 13.8 Å². The number of hydrogen-bond acceptors (Lipinski definition) is 3. The van der Waals surface area contributed by atoms with Gasteiger partial charge in [-0.25, -0.2) is 4.98 Å². The molecular weight excluding hydrogens is 336 g/mol. The first kappa shape index (κ1) is 17.8.